The van der Waals surface area contributed by atoms with Crippen molar-refractivity contribution in [3.63, 3.8) is 0 Å². The van der Waals surface area contributed by atoms with E-state index < -0.39 is 0 Å². The smallest absolute Gasteiger partial charge is 0.257 e. The van der Waals surface area contributed by atoms with Gasteiger partial charge in [-0.1, -0.05) is 6.42 Å². The van der Waals surface area contributed by atoms with E-state index in [1.165, 1.54) is 45.0 Å². The third-order valence-electron chi connectivity index (χ3n) is 4.80. The molecule has 0 aromatic carbocycles. The molecular formula is C17H25N3O2. The van der Waals surface area contributed by atoms with E-state index in [2.05, 4.69) is 9.88 Å². The van der Waals surface area contributed by atoms with Crippen LogP contribution in [0.15, 0.2) is 18.5 Å². The summed E-state index contributed by atoms with van der Waals surface area (Å²) in [5.74, 6) is 0.466. The van der Waals surface area contributed by atoms with Gasteiger partial charge in [-0.05, 0) is 50.8 Å². The van der Waals surface area contributed by atoms with Crippen LogP contribution >= 0.6 is 0 Å². The van der Waals surface area contributed by atoms with E-state index in [0.29, 0.717) is 11.5 Å². The third kappa shape index (κ3) is 3.58. The number of carbonyl (C=O) groups is 1. The van der Waals surface area contributed by atoms with Gasteiger partial charge in [0.1, 0.15) is 5.75 Å². The van der Waals surface area contributed by atoms with Crippen LogP contribution in [0.1, 0.15) is 42.5 Å². The fourth-order valence-electron chi connectivity index (χ4n) is 3.64. The lowest BCUT2D eigenvalue weighted by atomic mass is 9.96. The van der Waals surface area contributed by atoms with Crippen LogP contribution in [0.25, 0.3) is 0 Å². The summed E-state index contributed by atoms with van der Waals surface area (Å²) in [4.78, 5) is 20.9. The molecule has 1 atom stereocenters. The fourth-order valence-corrected chi connectivity index (χ4v) is 3.64. The lowest BCUT2D eigenvalue weighted by Gasteiger charge is -2.37. The van der Waals surface area contributed by atoms with Crippen molar-refractivity contribution in [3.05, 3.63) is 24.0 Å². The van der Waals surface area contributed by atoms with Crippen LogP contribution in [0.3, 0.4) is 0 Å². The van der Waals surface area contributed by atoms with Crippen LogP contribution in [-0.2, 0) is 0 Å². The Morgan fingerprint density at radius 1 is 1.23 bits per heavy atom. The Balaban J connectivity index is 1.60. The molecule has 0 radical (unpaired) electrons. The van der Waals surface area contributed by atoms with E-state index in [0.717, 1.165) is 26.1 Å². The summed E-state index contributed by atoms with van der Waals surface area (Å²) in [6.07, 6.45) is 9.11. The highest BCUT2D eigenvalue weighted by molar-refractivity contribution is 5.96. The topological polar surface area (TPSA) is 56.7 Å². The number of hydrogen-bond acceptors (Lipinski definition) is 4. The molecule has 0 unspecified atom stereocenters. The summed E-state index contributed by atoms with van der Waals surface area (Å²) in [7, 11) is 0. The summed E-state index contributed by atoms with van der Waals surface area (Å²) >= 11 is 0. The van der Waals surface area contributed by atoms with Gasteiger partial charge in [0.25, 0.3) is 5.91 Å². The van der Waals surface area contributed by atoms with Crippen LogP contribution in [0.5, 0.6) is 5.75 Å². The molecule has 1 N–H and O–H groups in total. The molecule has 120 valence electrons. The Labute approximate surface area is 131 Å². The van der Waals surface area contributed by atoms with E-state index in [9.17, 15) is 9.90 Å². The molecule has 0 spiro atoms. The number of amides is 1. The first-order chi connectivity index (χ1) is 10.7. The molecule has 3 heterocycles. The van der Waals surface area contributed by atoms with Crippen LogP contribution in [0.4, 0.5) is 0 Å². The molecule has 22 heavy (non-hydrogen) atoms. The number of aromatic hydroxyl groups is 1. The minimum absolute atomic E-state index is 0.0225. The Morgan fingerprint density at radius 2 is 2.05 bits per heavy atom. The molecular weight excluding hydrogens is 278 g/mol. The van der Waals surface area contributed by atoms with Crippen molar-refractivity contribution in [2.45, 2.75) is 32.1 Å². The van der Waals surface area contributed by atoms with Crippen molar-refractivity contribution in [2.75, 3.05) is 32.7 Å². The summed E-state index contributed by atoms with van der Waals surface area (Å²) < 4.78 is 0. The number of likely N-dealkylation sites (tertiary alicyclic amines) is 2. The average molecular weight is 303 g/mol. The maximum atomic E-state index is 12.6. The molecule has 5 heteroatoms. The first-order valence-corrected chi connectivity index (χ1v) is 8.38. The maximum Gasteiger partial charge on any atom is 0.257 e. The summed E-state index contributed by atoms with van der Waals surface area (Å²) in [6, 6.07) is 1.60. The number of carbonyl (C=O) groups excluding carboxylic acids is 1. The Bertz CT molecular complexity index is 514. The molecule has 0 aliphatic carbocycles. The van der Waals surface area contributed by atoms with E-state index in [1.807, 2.05) is 4.90 Å². The Kier molecular flexibility index (Phi) is 4.93. The summed E-state index contributed by atoms with van der Waals surface area (Å²) in [6.45, 7) is 5.10. The normalized spacial score (nSPS) is 23.5. The zero-order valence-electron chi connectivity index (χ0n) is 13.1. The second-order valence-electron chi connectivity index (χ2n) is 6.51. The van der Waals surface area contributed by atoms with Crippen LogP contribution in [0.2, 0.25) is 0 Å². The molecule has 1 aromatic rings. The van der Waals surface area contributed by atoms with Crippen molar-refractivity contribution in [3.8, 4) is 5.75 Å². The molecule has 2 aliphatic heterocycles. The van der Waals surface area contributed by atoms with E-state index in [-0.39, 0.29) is 11.7 Å². The summed E-state index contributed by atoms with van der Waals surface area (Å²) in [5.41, 5.74) is 0.369. The number of aromatic nitrogens is 1. The minimum atomic E-state index is -0.0664. The Morgan fingerprint density at radius 3 is 2.82 bits per heavy atom. The second kappa shape index (κ2) is 7.09. The highest BCUT2D eigenvalue weighted by Gasteiger charge is 2.27. The molecule has 2 aliphatic rings. The molecule has 2 saturated heterocycles. The first kappa shape index (κ1) is 15.3. The number of piperidine rings is 2. The third-order valence-corrected chi connectivity index (χ3v) is 4.80. The molecule has 1 amide bonds. The highest BCUT2D eigenvalue weighted by atomic mass is 16.3. The standard InChI is InChI=1S/C17H25N3O2/c21-16-11-18-7-6-15(16)17(22)20-10-4-5-14(13-20)12-19-8-2-1-3-9-19/h6-7,11,14,21H,1-5,8-10,12-13H2/t14-/m0/s1. The van der Waals surface area contributed by atoms with Gasteiger partial charge < -0.3 is 14.9 Å². The predicted molar refractivity (Wildman–Crippen MR) is 84.8 cm³/mol. The SMILES string of the molecule is O=C(c1ccncc1O)N1CCC[C@@H](CN2CCCCC2)C1. The van der Waals surface area contributed by atoms with Crippen molar-refractivity contribution in [1.82, 2.24) is 14.8 Å². The van der Waals surface area contributed by atoms with Gasteiger partial charge in [-0.15, -0.1) is 0 Å². The lowest BCUT2D eigenvalue weighted by molar-refractivity contribution is 0.0628. The van der Waals surface area contributed by atoms with Gasteiger partial charge in [0.15, 0.2) is 0 Å². The van der Waals surface area contributed by atoms with Gasteiger partial charge in [-0.2, -0.15) is 0 Å². The van der Waals surface area contributed by atoms with Crippen LogP contribution in [0, 0.1) is 5.92 Å². The average Bonchev–Trinajstić information content (AvgIpc) is 2.56. The van der Waals surface area contributed by atoms with Crippen molar-refractivity contribution in [1.29, 1.82) is 0 Å². The summed E-state index contributed by atoms with van der Waals surface area (Å²) in [5, 5.41) is 9.82. The monoisotopic (exact) mass is 303 g/mol. The fraction of sp³-hybridized carbons (Fsp3) is 0.647. The molecule has 2 fully saturated rings. The van der Waals surface area contributed by atoms with Crippen LogP contribution < -0.4 is 0 Å². The molecule has 5 nitrogen and oxygen atoms in total. The van der Waals surface area contributed by atoms with E-state index >= 15 is 0 Å². The van der Waals surface area contributed by atoms with Crippen LogP contribution in [-0.4, -0.2) is 58.5 Å². The molecule has 0 saturated carbocycles. The number of nitrogens with zero attached hydrogens (tertiary/aromatic N) is 3. The van der Waals surface area contributed by atoms with Crippen molar-refractivity contribution in [2.24, 2.45) is 5.92 Å². The highest BCUT2D eigenvalue weighted by Crippen LogP contribution is 2.23. The predicted octanol–water partition coefficient (Wildman–Crippen LogP) is 2.13. The zero-order chi connectivity index (χ0) is 15.4. The molecule has 0 bridgehead atoms. The molecule has 3 rings (SSSR count). The number of rotatable bonds is 3. The quantitative estimate of drug-likeness (QED) is 0.929. The lowest BCUT2D eigenvalue weighted by Crippen LogP contribution is -2.44. The van der Waals surface area contributed by atoms with Gasteiger partial charge in [0.05, 0.1) is 11.8 Å². The maximum absolute atomic E-state index is 12.6. The van der Waals surface area contributed by atoms with E-state index in [1.54, 1.807) is 12.3 Å². The largest absolute Gasteiger partial charge is 0.505 e. The van der Waals surface area contributed by atoms with Gasteiger partial charge in [0, 0.05) is 25.8 Å². The van der Waals surface area contributed by atoms with Crippen molar-refractivity contribution < 1.29 is 9.90 Å². The van der Waals surface area contributed by atoms with Crippen molar-refractivity contribution >= 4 is 5.91 Å². The van der Waals surface area contributed by atoms with Gasteiger partial charge in [0.2, 0.25) is 0 Å². The Hall–Kier alpha value is -1.62. The van der Waals surface area contributed by atoms with Gasteiger partial charge in [-0.3, -0.25) is 9.78 Å². The van der Waals surface area contributed by atoms with E-state index in [4.69, 9.17) is 0 Å². The zero-order valence-corrected chi connectivity index (χ0v) is 13.1. The molecule has 1 aromatic heterocycles. The second-order valence-corrected chi connectivity index (χ2v) is 6.51. The van der Waals surface area contributed by atoms with Gasteiger partial charge in [-0.25, -0.2) is 0 Å². The minimum Gasteiger partial charge on any atom is -0.505 e. The number of pyridine rings is 1. The number of hydrogen-bond donors (Lipinski definition) is 1. The van der Waals surface area contributed by atoms with Gasteiger partial charge >= 0.3 is 0 Å². The first-order valence-electron chi connectivity index (χ1n) is 8.38.